The molecule has 0 aliphatic carbocycles. The highest BCUT2D eigenvalue weighted by atomic mass is 19.1. The molecule has 2 rings (SSSR count). The van der Waals surface area contributed by atoms with E-state index in [1.807, 2.05) is 0 Å². The Hall–Kier alpha value is -2.63. The van der Waals surface area contributed by atoms with E-state index in [1.165, 1.54) is 12.0 Å². The van der Waals surface area contributed by atoms with Crippen molar-refractivity contribution in [3.8, 4) is 5.75 Å². The predicted molar refractivity (Wildman–Crippen MR) is 78.4 cm³/mol. The number of amidine groups is 1. The Morgan fingerprint density at radius 3 is 2.33 bits per heavy atom. The van der Waals surface area contributed by atoms with Gasteiger partial charge in [-0.2, -0.15) is 0 Å². The average molecular weight is 291 g/mol. The van der Waals surface area contributed by atoms with Gasteiger partial charge in [-0.1, -0.05) is 6.07 Å². The predicted octanol–water partition coefficient (Wildman–Crippen LogP) is 3.03. The molecule has 0 atom stereocenters. The Kier molecular flexibility index (Phi) is 4.07. The summed E-state index contributed by atoms with van der Waals surface area (Å²) in [5.74, 6) is -1.38. The van der Waals surface area contributed by atoms with Crippen molar-refractivity contribution in [3.05, 3.63) is 53.6 Å². The van der Waals surface area contributed by atoms with Gasteiger partial charge in [-0.05, 0) is 24.3 Å². The number of anilines is 2. The Bertz CT molecular complexity index is 665. The summed E-state index contributed by atoms with van der Waals surface area (Å²) in [6.07, 6.45) is 0. The summed E-state index contributed by atoms with van der Waals surface area (Å²) < 4.78 is 33.3. The van der Waals surface area contributed by atoms with Crippen molar-refractivity contribution < 1.29 is 13.5 Å². The van der Waals surface area contributed by atoms with Gasteiger partial charge in [0, 0.05) is 24.4 Å². The molecule has 0 aliphatic rings. The first-order chi connectivity index (χ1) is 9.93. The van der Waals surface area contributed by atoms with E-state index in [1.54, 1.807) is 31.3 Å². The highest BCUT2D eigenvalue weighted by Crippen LogP contribution is 2.31. The van der Waals surface area contributed by atoms with Crippen LogP contribution in [0.15, 0.2) is 36.4 Å². The van der Waals surface area contributed by atoms with Crippen molar-refractivity contribution in [1.82, 2.24) is 0 Å². The number of rotatable bonds is 4. The third-order valence-electron chi connectivity index (χ3n) is 3.10. The van der Waals surface area contributed by atoms with Crippen LogP contribution in [0.5, 0.6) is 5.75 Å². The lowest BCUT2D eigenvalue weighted by Gasteiger charge is -2.21. The first-order valence-electron chi connectivity index (χ1n) is 6.15. The van der Waals surface area contributed by atoms with Gasteiger partial charge < -0.3 is 15.4 Å². The number of hydrogen-bond donors (Lipinski definition) is 2. The van der Waals surface area contributed by atoms with Crippen molar-refractivity contribution in [3.63, 3.8) is 0 Å². The fourth-order valence-electron chi connectivity index (χ4n) is 1.99. The number of benzene rings is 2. The molecular formula is C15H15F2N3O. The molecule has 3 N–H and O–H groups in total. The maximum absolute atomic E-state index is 14.1. The molecule has 2 aromatic rings. The van der Waals surface area contributed by atoms with Gasteiger partial charge in [0.25, 0.3) is 0 Å². The second-order valence-electron chi connectivity index (χ2n) is 4.46. The molecule has 110 valence electrons. The lowest BCUT2D eigenvalue weighted by atomic mass is 10.1. The van der Waals surface area contributed by atoms with Crippen LogP contribution in [0.4, 0.5) is 20.2 Å². The molecule has 4 nitrogen and oxygen atoms in total. The Balaban J connectivity index is 2.47. The van der Waals surface area contributed by atoms with Gasteiger partial charge in [0.1, 0.15) is 17.3 Å². The van der Waals surface area contributed by atoms with Crippen molar-refractivity contribution in [2.24, 2.45) is 5.73 Å². The molecule has 6 heteroatoms. The van der Waals surface area contributed by atoms with E-state index >= 15 is 0 Å². The molecule has 0 aromatic heterocycles. The fraction of sp³-hybridized carbons (Fsp3) is 0.133. The number of nitrogens with two attached hydrogens (primary N) is 1. The van der Waals surface area contributed by atoms with E-state index in [4.69, 9.17) is 15.9 Å². The average Bonchev–Trinajstić information content (AvgIpc) is 2.46. The molecule has 0 saturated carbocycles. The van der Waals surface area contributed by atoms with Gasteiger partial charge in [0.15, 0.2) is 11.6 Å². The fourth-order valence-corrected chi connectivity index (χ4v) is 1.99. The first-order valence-corrected chi connectivity index (χ1v) is 6.15. The number of ether oxygens (including phenoxy) is 1. The zero-order valence-electron chi connectivity index (χ0n) is 11.7. The van der Waals surface area contributed by atoms with Crippen LogP contribution in [0.25, 0.3) is 0 Å². The summed E-state index contributed by atoms with van der Waals surface area (Å²) in [6, 6.07) is 8.92. The Morgan fingerprint density at radius 2 is 1.81 bits per heavy atom. The molecule has 0 bridgehead atoms. The summed E-state index contributed by atoms with van der Waals surface area (Å²) in [7, 11) is 3.06. The van der Waals surface area contributed by atoms with Crippen LogP contribution in [0.3, 0.4) is 0 Å². The maximum Gasteiger partial charge on any atom is 0.150 e. The normalized spacial score (nSPS) is 10.3. The standard InChI is InChI=1S/C15H15F2N3O/c1-20(10-4-3-5-11(8-10)21-2)14-12(16)6-9(15(18)19)7-13(14)17/h3-8H,1-2H3,(H3,18,19). The summed E-state index contributed by atoms with van der Waals surface area (Å²) >= 11 is 0. The van der Waals surface area contributed by atoms with Gasteiger partial charge in [-0.15, -0.1) is 0 Å². The molecule has 21 heavy (non-hydrogen) atoms. The van der Waals surface area contributed by atoms with Crippen LogP contribution in [0.1, 0.15) is 5.56 Å². The molecule has 0 radical (unpaired) electrons. The molecular weight excluding hydrogens is 276 g/mol. The number of hydrogen-bond acceptors (Lipinski definition) is 3. The molecule has 0 spiro atoms. The minimum atomic E-state index is -0.787. The van der Waals surface area contributed by atoms with E-state index in [0.29, 0.717) is 11.4 Å². The van der Waals surface area contributed by atoms with E-state index in [2.05, 4.69) is 0 Å². The second-order valence-corrected chi connectivity index (χ2v) is 4.46. The van der Waals surface area contributed by atoms with Gasteiger partial charge in [0.05, 0.1) is 7.11 Å². The van der Waals surface area contributed by atoms with Crippen LogP contribution in [-0.4, -0.2) is 20.0 Å². The number of nitrogens with zero attached hydrogens (tertiary/aromatic N) is 1. The van der Waals surface area contributed by atoms with Crippen molar-refractivity contribution in [2.45, 2.75) is 0 Å². The number of nitrogens with one attached hydrogen (secondary N) is 1. The third-order valence-corrected chi connectivity index (χ3v) is 3.10. The second kappa shape index (κ2) is 5.78. The SMILES string of the molecule is COc1cccc(N(C)c2c(F)cc(C(=N)N)cc2F)c1. The Morgan fingerprint density at radius 1 is 1.19 bits per heavy atom. The zero-order valence-corrected chi connectivity index (χ0v) is 11.7. The monoisotopic (exact) mass is 291 g/mol. The van der Waals surface area contributed by atoms with Gasteiger partial charge in [-0.3, -0.25) is 5.41 Å². The molecule has 0 unspecified atom stereocenters. The van der Waals surface area contributed by atoms with Crippen LogP contribution in [0.2, 0.25) is 0 Å². The lowest BCUT2D eigenvalue weighted by Crippen LogP contribution is -2.16. The van der Waals surface area contributed by atoms with E-state index in [-0.39, 0.29) is 17.1 Å². The van der Waals surface area contributed by atoms with Gasteiger partial charge >= 0.3 is 0 Å². The molecule has 0 amide bonds. The quantitative estimate of drug-likeness (QED) is 0.672. The summed E-state index contributed by atoms with van der Waals surface area (Å²) in [4.78, 5) is 1.37. The molecule has 0 heterocycles. The summed E-state index contributed by atoms with van der Waals surface area (Å²) in [6.45, 7) is 0. The summed E-state index contributed by atoms with van der Waals surface area (Å²) in [5.41, 5.74) is 5.61. The minimum Gasteiger partial charge on any atom is -0.497 e. The van der Waals surface area contributed by atoms with Crippen molar-refractivity contribution in [1.29, 1.82) is 5.41 Å². The summed E-state index contributed by atoms with van der Waals surface area (Å²) in [5, 5.41) is 7.24. The van der Waals surface area contributed by atoms with Crippen LogP contribution < -0.4 is 15.4 Å². The van der Waals surface area contributed by atoms with Crippen molar-refractivity contribution >= 4 is 17.2 Å². The van der Waals surface area contributed by atoms with E-state index < -0.39 is 11.6 Å². The smallest absolute Gasteiger partial charge is 0.150 e. The van der Waals surface area contributed by atoms with E-state index in [9.17, 15) is 8.78 Å². The van der Waals surface area contributed by atoms with E-state index in [0.717, 1.165) is 12.1 Å². The minimum absolute atomic E-state index is 0.00722. The zero-order chi connectivity index (χ0) is 15.6. The highest BCUT2D eigenvalue weighted by molar-refractivity contribution is 5.95. The molecule has 0 aliphatic heterocycles. The molecule has 2 aromatic carbocycles. The molecule has 0 fully saturated rings. The van der Waals surface area contributed by atoms with Crippen molar-refractivity contribution in [2.75, 3.05) is 19.1 Å². The first kappa shape index (κ1) is 14.8. The number of nitrogen functional groups attached to an aromatic ring is 1. The lowest BCUT2D eigenvalue weighted by molar-refractivity contribution is 0.415. The van der Waals surface area contributed by atoms with Crippen LogP contribution in [0, 0.1) is 17.0 Å². The Labute approximate surface area is 121 Å². The largest absolute Gasteiger partial charge is 0.497 e. The maximum atomic E-state index is 14.1. The third kappa shape index (κ3) is 2.94. The number of halogens is 2. The van der Waals surface area contributed by atoms with Crippen LogP contribution >= 0.6 is 0 Å². The number of methoxy groups -OCH3 is 1. The van der Waals surface area contributed by atoms with Gasteiger partial charge in [0.2, 0.25) is 0 Å². The molecule has 0 saturated heterocycles. The van der Waals surface area contributed by atoms with Gasteiger partial charge in [-0.25, -0.2) is 8.78 Å². The van der Waals surface area contributed by atoms with Crippen LogP contribution in [-0.2, 0) is 0 Å². The topological polar surface area (TPSA) is 62.3 Å². The highest BCUT2D eigenvalue weighted by Gasteiger charge is 2.17.